The van der Waals surface area contributed by atoms with E-state index in [1.807, 2.05) is 6.92 Å². The van der Waals surface area contributed by atoms with Crippen LogP contribution >= 0.6 is 11.8 Å². The molecule has 0 spiro atoms. The first-order chi connectivity index (χ1) is 9.97. The average molecular weight is 304 g/mol. The number of carboxylic acid groups (broad SMARTS) is 1. The van der Waals surface area contributed by atoms with Crippen molar-refractivity contribution < 1.29 is 9.90 Å². The topological polar surface area (TPSA) is 110 Å². The van der Waals surface area contributed by atoms with E-state index < -0.39 is 5.97 Å². The number of H-pyrrole nitrogens is 1. The molecule has 0 atom stereocenters. The molecule has 0 saturated heterocycles. The largest absolute Gasteiger partial charge is 0.478 e. The van der Waals surface area contributed by atoms with E-state index >= 15 is 0 Å². The van der Waals surface area contributed by atoms with Crippen LogP contribution in [0, 0.1) is 13.8 Å². The van der Waals surface area contributed by atoms with E-state index in [1.54, 1.807) is 18.7 Å². The Bertz CT molecular complexity index is 853. The van der Waals surface area contributed by atoms with E-state index in [-0.39, 0.29) is 5.56 Å². The minimum absolute atomic E-state index is 0.117. The van der Waals surface area contributed by atoms with Gasteiger partial charge in [0.25, 0.3) is 0 Å². The summed E-state index contributed by atoms with van der Waals surface area (Å²) in [6.45, 7) is 3.61. The smallest absolute Gasteiger partial charge is 0.338 e. The number of aromatic amines is 1. The number of aromatic nitrogens is 6. The lowest BCUT2D eigenvalue weighted by Gasteiger charge is -2.05. The van der Waals surface area contributed by atoms with E-state index in [2.05, 4.69) is 25.3 Å². The molecule has 108 valence electrons. The molecule has 0 unspecified atom stereocenters. The van der Waals surface area contributed by atoms with Crippen molar-refractivity contribution in [2.24, 2.45) is 7.05 Å². The predicted octanol–water partition coefficient (Wildman–Crippen LogP) is 1.55. The Morgan fingerprint density at radius 1 is 1.43 bits per heavy atom. The third-order valence-electron chi connectivity index (χ3n) is 2.98. The molecule has 0 aliphatic carbocycles. The number of pyridine rings is 1. The molecule has 3 heterocycles. The maximum Gasteiger partial charge on any atom is 0.338 e. The summed E-state index contributed by atoms with van der Waals surface area (Å²) >= 11 is 1.19. The van der Waals surface area contributed by atoms with E-state index in [1.165, 1.54) is 18.0 Å². The molecule has 0 amide bonds. The van der Waals surface area contributed by atoms with Gasteiger partial charge in [-0.15, -0.1) is 5.10 Å². The molecule has 3 rings (SSSR count). The Kier molecular flexibility index (Phi) is 3.13. The van der Waals surface area contributed by atoms with Crippen LogP contribution in [0.15, 0.2) is 16.2 Å². The zero-order valence-corrected chi connectivity index (χ0v) is 12.4. The zero-order chi connectivity index (χ0) is 15.1. The van der Waals surface area contributed by atoms with Crippen molar-refractivity contribution in [3.05, 3.63) is 23.3 Å². The Morgan fingerprint density at radius 2 is 2.19 bits per heavy atom. The van der Waals surface area contributed by atoms with Crippen molar-refractivity contribution >= 4 is 28.8 Å². The third-order valence-corrected chi connectivity index (χ3v) is 3.97. The van der Waals surface area contributed by atoms with Gasteiger partial charge in [0.1, 0.15) is 5.82 Å². The fourth-order valence-electron chi connectivity index (χ4n) is 2.10. The van der Waals surface area contributed by atoms with Crippen molar-refractivity contribution in [2.45, 2.75) is 23.9 Å². The highest BCUT2D eigenvalue weighted by molar-refractivity contribution is 7.99. The lowest BCUT2D eigenvalue weighted by Crippen LogP contribution is -2.02. The van der Waals surface area contributed by atoms with Gasteiger partial charge in [-0.05, 0) is 25.6 Å². The fourth-order valence-corrected chi connectivity index (χ4v) is 3.14. The molecule has 0 aromatic carbocycles. The number of hydrogen-bond acceptors (Lipinski definition) is 6. The van der Waals surface area contributed by atoms with Crippen molar-refractivity contribution in [3.8, 4) is 0 Å². The van der Waals surface area contributed by atoms with Crippen LogP contribution in [0.3, 0.4) is 0 Å². The second-order valence-electron chi connectivity index (χ2n) is 4.52. The van der Waals surface area contributed by atoms with Gasteiger partial charge in [-0.2, -0.15) is 5.10 Å². The SMILES string of the molecule is Cc1nc(Sc2c(C(=O)O)cnc3c2c(C)nn3C)n[nH]1. The molecule has 2 N–H and O–H groups in total. The van der Waals surface area contributed by atoms with E-state index in [4.69, 9.17) is 0 Å². The Hall–Kier alpha value is -2.42. The molecule has 3 aromatic heterocycles. The maximum absolute atomic E-state index is 11.4. The van der Waals surface area contributed by atoms with Gasteiger partial charge in [0.2, 0.25) is 5.16 Å². The molecule has 21 heavy (non-hydrogen) atoms. The summed E-state index contributed by atoms with van der Waals surface area (Å²) in [6.07, 6.45) is 1.34. The average Bonchev–Trinajstić information content (AvgIpc) is 2.94. The molecule has 0 saturated carbocycles. The normalized spacial score (nSPS) is 11.2. The summed E-state index contributed by atoms with van der Waals surface area (Å²) in [5.74, 6) is -0.370. The summed E-state index contributed by atoms with van der Waals surface area (Å²) < 4.78 is 1.63. The van der Waals surface area contributed by atoms with Gasteiger partial charge in [-0.25, -0.2) is 14.8 Å². The van der Waals surface area contributed by atoms with Crippen molar-refractivity contribution in [1.82, 2.24) is 29.9 Å². The molecule has 8 nitrogen and oxygen atoms in total. The Labute approximate surface area is 123 Å². The number of carbonyl (C=O) groups is 1. The number of nitrogens with zero attached hydrogens (tertiary/aromatic N) is 5. The second kappa shape index (κ2) is 4.85. The highest BCUT2D eigenvalue weighted by Gasteiger charge is 2.21. The number of aryl methyl sites for hydroxylation is 3. The maximum atomic E-state index is 11.4. The number of carboxylic acids is 1. The first-order valence-electron chi connectivity index (χ1n) is 6.10. The van der Waals surface area contributed by atoms with Crippen LogP contribution in [-0.2, 0) is 7.05 Å². The lowest BCUT2D eigenvalue weighted by molar-refractivity contribution is 0.0693. The van der Waals surface area contributed by atoms with Gasteiger partial charge in [-0.3, -0.25) is 9.78 Å². The lowest BCUT2D eigenvalue weighted by atomic mass is 10.2. The summed E-state index contributed by atoms with van der Waals surface area (Å²) in [5, 5.41) is 21.6. The highest BCUT2D eigenvalue weighted by Crippen LogP contribution is 2.35. The van der Waals surface area contributed by atoms with Gasteiger partial charge in [0.15, 0.2) is 5.65 Å². The van der Waals surface area contributed by atoms with E-state index in [9.17, 15) is 9.90 Å². The van der Waals surface area contributed by atoms with Crippen molar-refractivity contribution in [3.63, 3.8) is 0 Å². The van der Waals surface area contributed by atoms with Crippen LogP contribution < -0.4 is 0 Å². The van der Waals surface area contributed by atoms with E-state index in [0.717, 1.165) is 5.69 Å². The third kappa shape index (κ3) is 2.25. The quantitative estimate of drug-likeness (QED) is 0.755. The Morgan fingerprint density at radius 3 is 2.81 bits per heavy atom. The van der Waals surface area contributed by atoms with Crippen LogP contribution in [0.5, 0.6) is 0 Å². The molecular weight excluding hydrogens is 292 g/mol. The molecule has 0 radical (unpaired) electrons. The van der Waals surface area contributed by atoms with Crippen LogP contribution in [0.25, 0.3) is 11.0 Å². The molecular formula is C12H12N6O2S. The first kappa shape index (κ1) is 13.6. The first-order valence-corrected chi connectivity index (χ1v) is 6.91. The van der Waals surface area contributed by atoms with Gasteiger partial charge >= 0.3 is 5.97 Å². The summed E-state index contributed by atoms with van der Waals surface area (Å²) in [5.41, 5.74) is 1.47. The molecule has 0 bridgehead atoms. The number of hydrogen-bond donors (Lipinski definition) is 2. The number of aromatic carboxylic acids is 1. The van der Waals surface area contributed by atoms with E-state index in [0.29, 0.717) is 26.9 Å². The molecule has 0 aliphatic heterocycles. The van der Waals surface area contributed by atoms with Gasteiger partial charge in [0, 0.05) is 18.1 Å². The summed E-state index contributed by atoms with van der Waals surface area (Å²) in [4.78, 5) is 20.4. The minimum atomic E-state index is -1.04. The molecule has 9 heteroatoms. The van der Waals surface area contributed by atoms with Crippen molar-refractivity contribution in [2.75, 3.05) is 0 Å². The Balaban J connectivity index is 2.25. The molecule has 3 aromatic rings. The summed E-state index contributed by atoms with van der Waals surface area (Å²) in [6, 6.07) is 0. The monoisotopic (exact) mass is 304 g/mol. The van der Waals surface area contributed by atoms with Gasteiger partial charge in [-0.1, -0.05) is 0 Å². The molecule has 0 fully saturated rings. The predicted molar refractivity (Wildman–Crippen MR) is 75.4 cm³/mol. The number of fused-ring (bicyclic) bond motifs is 1. The van der Waals surface area contributed by atoms with Gasteiger partial charge < -0.3 is 5.11 Å². The highest BCUT2D eigenvalue weighted by atomic mass is 32.2. The van der Waals surface area contributed by atoms with Crippen molar-refractivity contribution in [1.29, 1.82) is 0 Å². The van der Waals surface area contributed by atoms with Crippen LogP contribution in [-0.4, -0.2) is 41.0 Å². The molecule has 0 aliphatic rings. The van der Waals surface area contributed by atoms with Gasteiger partial charge in [0.05, 0.1) is 16.6 Å². The van der Waals surface area contributed by atoms with Crippen LogP contribution in [0.1, 0.15) is 21.9 Å². The minimum Gasteiger partial charge on any atom is -0.478 e. The fraction of sp³-hybridized carbons (Fsp3) is 0.250. The number of nitrogens with one attached hydrogen (secondary N) is 1. The standard InChI is InChI=1S/C12H12N6O2S/c1-5-8-9(21-12-14-6(2)15-16-12)7(11(19)20)4-13-10(8)18(3)17-5/h4H,1-3H3,(H,19,20)(H,14,15,16). The van der Waals surface area contributed by atoms with Crippen LogP contribution in [0.4, 0.5) is 0 Å². The zero-order valence-electron chi connectivity index (χ0n) is 11.6. The van der Waals surface area contributed by atoms with Crippen LogP contribution in [0.2, 0.25) is 0 Å². The summed E-state index contributed by atoms with van der Waals surface area (Å²) in [7, 11) is 1.77. The second-order valence-corrected chi connectivity index (χ2v) is 5.50. The number of rotatable bonds is 3.